The van der Waals surface area contributed by atoms with Crippen molar-refractivity contribution in [3.05, 3.63) is 34.7 Å². The van der Waals surface area contributed by atoms with Crippen molar-refractivity contribution in [2.24, 2.45) is 0 Å². The lowest BCUT2D eigenvalue weighted by molar-refractivity contribution is 0.244. The molecule has 1 aliphatic heterocycles. The normalized spacial score (nSPS) is 19.7. The van der Waals surface area contributed by atoms with Crippen molar-refractivity contribution in [3.8, 4) is 0 Å². The first kappa shape index (κ1) is 12.5. The van der Waals surface area contributed by atoms with Gasteiger partial charge in [-0.2, -0.15) is 0 Å². The molecule has 6 heteroatoms. The highest BCUT2D eigenvalue weighted by molar-refractivity contribution is 7.09. The van der Waals surface area contributed by atoms with Crippen LogP contribution in [0.15, 0.2) is 24.0 Å². The van der Waals surface area contributed by atoms with Crippen LogP contribution < -0.4 is 5.32 Å². The number of thiazole rings is 1. The van der Waals surface area contributed by atoms with E-state index in [1.54, 1.807) is 17.5 Å². The number of rotatable bonds is 4. The summed E-state index contributed by atoms with van der Waals surface area (Å²) in [7, 11) is 1.87. The fraction of sp³-hybridized carbons (Fsp3) is 0.462. The molecule has 0 aliphatic carbocycles. The van der Waals surface area contributed by atoms with Gasteiger partial charge in [0.15, 0.2) is 0 Å². The van der Waals surface area contributed by atoms with E-state index in [1.165, 1.54) is 11.4 Å². The molecular formula is C13H17N5S. The minimum absolute atomic E-state index is 0.365. The minimum Gasteiger partial charge on any atom is -0.372 e. The molecule has 19 heavy (non-hydrogen) atoms. The van der Waals surface area contributed by atoms with Crippen LogP contribution in [-0.4, -0.2) is 33.4 Å². The van der Waals surface area contributed by atoms with Gasteiger partial charge in [0.05, 0.1) is 30.7 Å². The van der Waals surface area contributed by atoms with Gasteiger partial charge in [0.1, 0.15) is 10.8 Å². The molecule has 0 bridgehead atoms. The summed E-state index contributed by atoms with van der Waals surface area (Å²) in [5.74, 6) is 0.832. The Morgan fingerprint density at radius 1 is 1.47 bits per heavy atom. The summed E-state index contributed by atoms with van der Waals surface area (Å²) in [6, 6.07) is 0.365. The van der Waals surface area contributed by atoms with E-state index in [-0.39, 0.29) is 0 Å². The van der Waals surface area contributed by atoms with E-state index >= 15 is 0 Å². The van der Waals surface area contributed by atoms with Gasteiger partial charge in [0.2, 0.25) is 0 Å². The summed E-state index contributed by atoms with van der Waals surface area (Å²) in [6.07, 6.45) is 7.86. The average Bonchev–Trinajstić information content (AvgIpc) is 3.11. The zero-order valence-electron chi connectivity index (χ0n) is 10.9. The van der Waals surface area contributed by atoms with Gasteiger partial charge in [-0.1, -0.05) is 0 Å². The first-order valence-electron chi connectivity index (χ1n) is 6.49. The maximum atomic E-state index is 4.62. The molecule has 1 N–H and O–H groups in total. The van der Waals surface area contributed by atoms with Crippen molar-refractivity contribution in [2.45, 2.75) is 25.4 Å². The van der Waals surface area contributed by atoms with Crippen molar-refractivity contribution in [2.75, 3.05) is 18.9 Å². The maximum Gasteiger partial charge on any atom is 0.144 e. The van der Waals surface area contributed by atoms with Crippen LogP contribution in [0.2, 0.25) is 0 Å². The lowest BCUT2D eigenvalue weighted by Crippen LogP contribution is -2.23. The van der Waals surface area contributed by atoms with Crippen molar-refractivity contribution < 1.29 is 0 Å². The van der Waals surface area contributed by atoms with E-state index in [2.05, 4.69) is 25.2 Å². The first-order chi connectivity index (χ1) is 9.36. The van der Waals surface area contributed by atoms with Crippen molar-refractivity contribution in [1.82, 2.24) is 19.9 Å². The molecule has 0 amide bonds. The van der Waals surface area contributed by atoms with Crippen molar-refractivity contribution in [1.29, 1.82) is 0 Å². The molecule has 100 valence electrons. The molecule has 3 rings (SSSR count). The third kappa shape index (κ3) is 2.74. The zero-order valence-corrected chi connectivity index (χ0v) is 11.7. The second-order valence-electron chi connectivity index (χ2n) is 4.63. The molecule has 2 aromatic heterocycles. The van der Waals surface area contributed by atoms with Crippen LogP contribution in [0.1, 0.15) is 29.6 Å². The fourth-order valence-corrected chi connectivity index (χ4v) is 3.16. The highest BCUT2D eigenvalue weighted by Gasteiger charge is 2.28. The van der Waals surface area contributed by atoms with Gasteiger partial charge in [0, 0.05) is 18.6 Å². The van der Waals surface area contributed by atoms with Gasteiger partial charge in [0.25, 0.3) is 0 Å². The predicted octanol–water partition coefficient (Wildman–Crippen LogP) is 2.31. The average molecular weight is 275 g/mol. The van der Waals surface area contributed by atoms with E-state index in [9.17, 15) is 0 Å². The smallest absolute Gasteiger partial charge is 0.144 e. The predicted molar refractivity (Wildman–Crippen MR) is 76.1 cm³/mol. The summed E-state index contributed by atoms with van der Waals surface area (Å²) < 4.78 is 0. The molecule has 2 aromatic rings. The molecule has 0 saturated carbocycles. The summed E-state index contributed by atoms with van der Waals surface area (Å²) in [6.45, 7) is 2.02. The maximum absolute atomic E-state index is 4.62. The van der Waals surface area contributed by atoms with Crippen molar-refractivity contribution in [3.63, 3.8) is 0 Å². The Balaban J connectivity index is 1.78. The minimum atomic E-state index is 0.365. The van der Waals surface area contributed by atoms with Crippen LogP contribution in [0.4, 0.5) is 5.82 Å². The van der Waals surface area contributed by atoms with Crippen LogP contribution in [0.25, 0.3) is 0 Å². The largest absolute Gasteiger partial charge is 0.372 e. The molecule has 1 aliphatic rings. The lowest BCUT2D eigenvalue weighted by Gasteiger charge is -2.22. The quantitative estimate of drug-likeness (QED) is 0.928. The highest BCUT2D eigenvalue weighted by atomic mass is 32.1. The lowest BCUT2D eigenvalue weighted by atomic mass is 10.1. The molecule has 5 nitrogen and oxygen atoms in total. The van der Waals surface area contributed by atoms with Gasteiger partial charge in [-0.15, -0.1) is 11.3 Å². The monoisotopic (exact) mass is 275 g/mol. The van der Waals surface area contributed by atoms with E-state index in [1.807, 2.05) is 24.8 Å². The highest BCUT2D eigenvalue weighted by Crippen LogP contribution is 2.32. The van der Waals surface area contributed by atoms with Gasteiger partial charge in [-0.05, 0) is 19.4 Å². The van der Waals surface area contributed by atoms with Gasteiger partial charge in [-0.25, -0.2) is 9.97 Å². The van der Waals surface area contributed by atoms with Gasteiger partial charge in [-0.3, -0.25) is 9.88 Å². The van der Waals surface area contributed by atoms with Crippen LogP contribution in [0.3, 0.4) is 0 Å². The Morgan fingerprint density at radius 2 is 2.42 bits per heavy atom. The van der Waals surface area contributed by atoms with Gasteiger partial charge >= 0.3 is 0 Å². The third-order valence-corrected chi connectivity index (χ3v) is 4.20. The second kappa shape index (κ2) is 5.63. The molecule has 0 unspecified atom stereocenters. The molecule has 1 atom stereocenters. The molecule has 1 saturated heterocycles. The molecule has 0 spiro atoms. The third-order valence-electron chi connectivity index (χ3n) is 3.44. The Morgan fingerprint density at radius 3 is 3.21 bits per heavy atom. The molecular weight excluding hydrogens is 258 g/mol. The Bertz CT molecular complexity index is 528. The topological polar surface area (TPSA) is 53.9 Å². The zero-order chi connectivity index (χ0) is 13.1. The van der Waals surface area contributed by atoms with E-state index in [0.29, 0.717) is 6.04 Å². The fourth-order valence-electron chi connectivity index (χ4n) is 2.52. The van der Waals surface area contributed by atoms with Crippen LogP contribution in [0, 0.1) is 0 Å². The number of nitrogens with zero attached hydrogens (tertiary/aromatic N) is 4. The summed E-state index contributed by atoms with van der Waals surface area (Å²) in [5, 5.41) is 6.25. The number of anilines is 1. The summed E-state index contributed by atoms with van der Waals surface area (Å²) in [4.78, 5) is 15.7. The molecule has 3 heterocycles. The number of aromatic nitrogens is 3. The molecule has 0 aromatic carbocycles. The second-order valence-corrected chi connectivity index (χ2v) is 5.61. The van der Waals surface area contributed by atoms with E-state index in [4.69, 9.17) is 0 Å². The molecule has 0 radical (unpaired) electrons. The van der Waals surface area contributed by atoms with Crippen LogP contribution in [-0.2, 0) is 6.54 Å². The van der Waals surface area contributed by atoms with E-state index < -0.39 is 0 Å². The summed E-state index contributed by atoms with van der Waals surface area (Å²) in [5.41, 5.74) is 1.06. The standard InChI is InChI=1S/C13H17N5S/c1-14-12-8-15-7-10(17-12)11-3-2-5-18(11)9-13-16-4-6-19-13/h4,6-8,11H,2-3,5,9H2,1H3,(H,14,17)/t11-/m0/s1. The van der Waals surface area contributed by atoms with Crippen LogP contribution >= 0.6 is 11.3 Å². The SMILES string of the molecule is CNc1cncc([C@@H]2CCCN2Cc2nccs2)n1. The molecule has 1 fully saturated rings. The Kier molecular flexibility index (Phi) is 3.70. The number of hydrogen-bond acceptors (Lipinski definition) is 6. The van der Waals surface area contributed by atoms with Crippen molar-refractivity contribution >= 4 is 17.2 Å². The van der Waals surface area contributed by atoms with Gasteiger partial charge < -0.3 is 5.32 Å². The number of hydrogen-bond donors (Lipinski definition) is 1. The van der Waals surface area contributed by atoms with Crippen LogP contribution in [0.5, 0.6) is 0 Å². The number of nitrogens with one attached hydrogen (secondary N) is 1. The summed E-state index contributed by atoms with van der Waals surface area (Å²) >= 11 is 1.71. The number of likely N-dealkylation sites (tertiary alicyclic amines) is 1. The first-order valence-corrected chi connectivity index (χ1v) is 7.37. The van der Waals surface area contributed by atoms with E-state index in [0.717, 1.165) is 31.0 Å². The Hall–Kier alpha value is -1.53. The Labute approximate surface area is 116 Å².